The highest BCUT2D eigenvalue weighted by molar-refractivity contribution is 9.11. The summed E-state index contributed by atoms with van der Waals surface area (Å²) in [6.45, 7) is 7.74. The molecule has 1 aromatic carbocycles. The number of hydrogen-bond acceptors (Lipinski definition) is 3. The number of rotatable bonds is 3. The molecule has 1 N–H and O–H groups in total. The van der Waals surface area contributed by atoms with Gasteiger partial charge in [0.1, 0.15) is 5.75 Å². The molecule has 2 rings (SSSR count). The van der Waals surface area contributed by atoms with E-state index in [1.807, 2.05) is 0 Å². The number of halogens is 2. The number of hydrogen-bond donors (Lipinski definition) is 1. The fourth-order valence-electron chi connectivity index (χ4n) is 2.53. The van der Waals surface area contributed by atoms with Crippen molar-refractivity contribution in [3.8, 4) is 5.75 Å². The average Bonchev–Trinajstić information content (AvgIpc) is 2.65. The summed E-state index contributed by atoms with van der Waals surface area (Å²) in [6.07, 6.45) is 1.16. The van der Waals surface area contributed by atoms with Gasteiger partial charge in [-0.25, -0.2) is 0 Å². The molecular weight excluding hydrogens is 384 g/mol. The van der Waals surface area contributed by atoms with E-state index in [2.05, 4.69) is 68.1 Å². The van der Waals surface area contributed by atoms with Crippen LogP contribution in [-0.2, 0) is 0 Å². The molecular formula is C15H22Br2N2O. The lowest BCUT2D eigenvalue weighted by atomic mass is 10.0. The molecule has 1 saturated heterocycles. The molecule has 0 saturated carbocycles. The van der Waals surface area contributed by atoms with Gasteiger partial charge in [-0.05, 0) is 56.8 Å². The van der Waals surface area contributed by atoms with Gasteiger partial charge in [-0.1, -0.05) is 13.8 Å². The van der Waals surface area contributed by atoms with Crippen molar-refractivity contribution in [3.63, 3.8) is 0 Å². The van der Waals surface area contributed by atoms with Crippen molar-refractivity contribution in [2.45, 2.75) is 26.3 Å². The Kier molecular flexibility index (Phi) is 5.75. The Balaban J connectivity index is 2.29. The Labute approximate surface area is 138 Å². The predicted molar refractivity (Wildman–Crippen MR) is 91.9 cm³/mol. The van der Waals surface area contributed by atoms with Gasteiger partial charge in [0, 0.05) is 29.7 Å². The molecule has 1 atom stereocenters. The van der Waals surface area contributed by atoms with Crippen molar-refractivity contribution in [3.05, 3.63) is 21.1 Å². The van der Waals surface area contributed by atoms with Crippen molar-refractivity contribution in [2.24, 2.45) is 5.92 Å². The lowest BCUT2D eigenvalue weighted by Crippen LogP contribution is -2.41. The summed E-state index contributed by atoms with van der Waals surface area (Å²) < 4.78 is 7.51. The first kappa shape index (κ1) is 16.1. The molecule has 1 unspecified atom stereocenters. The smallest absolute Gasteiger partial charge is 0.135 e. The Bertz CT molecular complexity index is 465. The molecule has 1 aromatic rings. The summed E-state index contributed by atoms with van der Waals surface area (Å²) in [7, 11) is 1.71. The third kappa shape index (κ3) is 3.68. The van der Waals surface area contributed by atoms with Gasteiger partial charge < -0.3 is 15.0 Å². The molecule has 1 aliphatic heterocycles. The van der Waals surface area contributed by atoms with E-state index in [-0.39, 0.29) is 0 Å². The van der Waals surface area contributed by atoms with E-state index in [0.29, 0.717) is 12.0 Å². The van der Waals surface area contributed by atoms with Crippen LogP contribution in [0.1, 0.15) is 20.3 Å². The molecule has 5 heteroatoms. The minimum atomic E-state index is 0.527. The van der Waals surface area contributed by atoms with Gasteiger partial charge in [0.15, 0.2) is 0 Å². The molecule has 112 valence electrons. The van der Waals surface area contributed by atoms with Crippen LogP contribution in [0.4, 0.5) is 5.69 Å². The Morgan fingerprint density at radius 1 is 1.30 bits per heavy atom. The standard InChI is InChI=1S/C15H22Br2N2O/c1-10(2)13-9-19(6-4-5-18-13)14-8-15(20-3)12(17)7-11(14)16/h7-8,10,13,18H,4-6,9H2,1-3H3. The first-order valence-electron chi connectivity index (χ1n) is 7.04. The SMILES string of the molecule is COc1cc(N2CCCNC(C(C)C)C2)c(Br)cc1Br. The summed E-state index contributed by atoms with van der Waals surface area (Å²) in [5.41, 5.74) is 1.21. The number of benzene rings is 1. The predicted octanol–water partition coefficient (Wildman–Crippen LogP) is 4.04. The summed E-state index contributed by atoms with van der Waals surface area (Å²) in [5, 5.41) is 3.64. The quantitative estimate of drug-likeness (QED) is 0.820. The van der Waals surface area contributed by atoms with Crippen molar-refractivity contribution in [1.29, 1.82) is 0 Å². The number of nitrogens with one attached hydrogen (secondary N) is 1. The van der Waals surface area contributed by atoms with Gasteiger partial charge in [-0.15, -0.1) is 0 Å². The first-order chi connectivity index (χ1) is 9.52. The van der Waals surface area contributed by atoms with Crippen LogP contribution in [0.3, 0.4) is 0 Å². The molecule has 1 heterocycles. The molecule has 0 radical (unpaired) electrons. The molecule has 20 heavy (non-hydrogen) atoms. The Morgan fingerprint density at radius 2 is 2.05 bits per heavy atom. The van der Waals surface area contributed by atoms with E-state index < -0.39 is 0 Å². The summed E-state index contributed by atoms with van der Waals surface area (Å²) >= 11 is 7.21. The zero-order chi connectivity index (χ0) is 14.7. The number of anilines is 1. The van der Waals surface area contributed by atoms with Crippen LogP contribution in [0.5, 0.6) is 5.75 Å². The normalized spacial score (nSPS) is 20.1. The fraction of sp³-hybridized carbons (Fsp3) is 0.600. The highest BCUT2D eigenvalue weighted by atomic mass is 79.9. The zero-order valence-corrected chi connectivity index (χ0v) is 15.4. The van der Waals surface area contributed by atoms with Crippen molar-refractivity contribution >= 4 is 37.5 Å². The summed E-state index contributed by atoms with van der Waals surface area (Å²) in [4.78, 5) is 2.45. The lowest BCUT2D eigenvalue weighted by Gasteiger charge is -2.29. The zero-order valence-electron chi connectivity index (χ0n) is 12.2. The number of methoxy groups -OCH3 is 1. The second-order valence-corrected chi connectivity index (χ2v) is 7.25. The first-order valence-corrected chi connectivity index (χ1v) is 8.63. The topological polar surface area (TPSA) is 24.5 Å². The van der Waals surface area contributed by atoms with E-state index in [1.165, 1.54) is 5.69 Å². The van der Waals surface area contributed by atoms with Crippen molar-refractivity contribution in [1.82, 2.24) is 5.32 Å². The molecule has 0 amide bonds. The second-order valence-electron chi connectivity index (χ2n) is 5.54. The maximum atomic E-state index is 5.43. The third-order valence-electron chi connectivity index (χ3n) is 3.80. The molecule has 0 spiro atoms. The summed E-state index contributed by atoms with van der Waals surface area (Å²) in [5.74, 6) is 1.51. The maximum absolute atomic E-state index is 5.43. The molecule has 0 bridgehead atoms. The number of ether oxygens (including phenoxy) is 1. The lowest BCUT2D eigenvalue weighted by molar-refractivity contribution is 0.410. The van der Waals surface area contributed by atoms with E-state index in [0.717, 1.165) is 40.8 Å². The van der Waals surface area contributed by atoms with Gasteiger partial charge in [0.05, 0.1) is 17.3 Å². The molecule has 1 fully saturated rings. The van der Waals surface area contributed by atoms with Crippen molar-refractivity contribution in [2.75, 3.05) is 31.6 Å². The van der Waals surface area contributed by atoms with E-state index in [1.54, 1.807) is 7.11 Å². The fourth-order valence-corrected chi connectivity index (χ4v) is 3.94. The van der Waals surface area contributed by atoms with Crippen LogP contribution in [-0.4, -0.2) is 32.8 Å². The van der Waals surface area contributed by atoms with E-state index in [4.69, 9.17) is 4.74 Å². The average molecular weight is 406 g/mol. The second kappa shape index (κ2) is 7.14. The van der Waals surface area contributed by atoms with Gasteiger partial charge >= 0.3 is 0 Å². The minimum Gasteiger partial charge on any atom is -0.495 e. The van der Waals surface area contributed by atoms with Crippen LogP contribution < -0.4 is 15.0 Å². The molecule has 0 aromatic heterocycles. The van der Waals surface area contributed by atoms with Gasteiger partial charge in [-0.3, -0.25) is 0 Å². The van der Waals surface area contributed by atoms with E-state index in [9.17, 15) is 0 Å². The third-order valence-corrected chi connectivity index (χ3v) is 5.05. The maximum Gasteiger partial charge on any atom is 0.135 e. The van der Waals surface area contributed by atoms with Crippen LogP contribution >= 0.6 is 31.9 Å². The molecule has 0 aliphatic carbocycles. The van der Waals surface area contributed by atoms with Gasteiger partial charge in [-0.2, -0.15) is 0 Å². The molecule has 3 nitrogen and oxygen atoms in total. The van der Waals surface area contributed by atoms with Gasteiger partial charge in [0.2, 0.25) is 0 Å². The Morgan fingerprint density at radius 3 is 2.70 bits per heavy atom. The highest BCUT2D eigenvalue weighted by Gasteiger charge is 2.22. The van der Waals surface area contributed by atoms with Crippen LogP contribution in [0.15, 0.2) is 21.1 Å². The van der Waals surface area contributed by atoms with Crippen LogP contribution in [0.2, 0.25) is 0 Å². The van der Waals surface area contributed by atoms with Crippen molar-refractivity contribution < 1.29 is 4.74 Å². The largest absolute Gasteiger partial charge is 0.495 e. The molecule has 1 aliphatic rings. The van der Waals surface area contributed by atoms with Crippen LogP contribution in [0, 0.1) is 5.92 Å². The van der Waals surface area contributed by atoms with Gasteiger partial charge in [0.25, 0.3) is 0 Å². The number of nitrogens with zero attached hydrogens (tertiary/aromatic N) is 1. The van der Waals surface area contributed by atoms with Crippen LogP contribution in [0.25, 0.3) is 0 Å². The Hall–Kier alpha value is -0.260. The minimum absolute atomic E-state index is 0.527. The monoisotopic (exact) mass is 404 g/mol. The van der Waals surface area contributed by atoms with E-state index >= 15 is 0 Å². The highest BCUT2D eigenvalue weighted by Crippen LogP contribution is 2.37. The summed E-state index contributed by atoms with van der Waals surface area (Å²) in [6, 6.07) is 4.70.